The Hall–Kier alpha value is -1.77. The van der Waals surface area contributed by atoms with Gasteiger partial charge in [0.1, 0.15) is 0 Å². The zero-order chi connectivity index (χ0) is 12.7. The van der Waals surface area contributed by atoms with E-state index >= 15 is 0 Å². The Labute approximate surface area is 97.2 Å². The predicted molar refractivity (Wildman–Crippen MR) is 43.3 cm³/mol. The Morgan fingerprint density at radius 3 is 0.600 bits per heavy atom. The molecular weight excluding hydrogens is 237 g/mol. The van der Waals surface area contributed by atoms with Crippen molar-refractivity contribution in [1.82, 2.24) is 0 Å². The van der Waals surface area contributed by atoms with Crippen molar-refractivity contribution in [1.29, 1.82) is 0 Å². The SMILES string of the molecule is O=[N+]([O-])[O-].O=[N+]([O-])[O-].O=[N+]([O-])[O-].[B+]=O.[Mg+2]. The first-order valence-corrected chi connectivity index (χ1v) is 1.88. The molecule has 0 saturated heterocycles. The maximum atomic E-state index is 8.25. The number of hydrogen-bond donors (Lipinski definition) is 0. The minimum absolute atomic E-state index is 0. The van der Waals surface area contributed by atoms with Crippen LogP contribution in [0.2, 0.25) is 0 Å². The molecule has 15 heavy (non-hydrogen) atoms. The maximum Gasteiger partial charge on any atom is 2.00 e. The van der Waals surface area contributed by atoms with Gasteiger partial charge in [0.15, 0.2) is 0 Å². The third kappa shape index (κ3) is 409. The first-order valence-electron chi connectivity index (χ1n) is 1.88. The van der Waals surface area contributed by atoms with Crippen molar-refractivity contribution >= 4 is 30.8 Å². The average molecular weight is 237 g/mol. The summed E-state index contributed by atoms with van der Waals surface area (Å²) in [6, 6.07) is 0. The van der Waals surface area contributed by atoms with Gasteiger partial charge < -0.3 is 46.0 Å². The van der Waals surface area contributed by atoms with Gasteiger partial charge in [-0.2, -0.15) is 0 Å². The third-order valence-corrected chi connectivity index (χ3v) is 0. The molecule has 0 rings (SSSR count). The van der Waals surface area contributed by atoms with E-state index < -0.39 is 15.3 Å². The molecule has 0 atom stereocenters. The molecule has 15 heteroatoms. The predicted octanol–water partition coefficient (Wildman–Crippen LogP) is -1.60. The van der Waals surface area contributed by atoms with Crippen molar-refractivity contribution in [2.75, 3.05) is 0 Å². The second-order valence-corrected chi connectivity index (χ2v) is 0.671. The van der Waals surface area contributed by atoms with Gasteiger partial charge in [0.05, 0.1) is 15.3 Å². The summed E-state index contributed by atoms with van der Waals surface area (Å²) in [6.07, 6.45) is 0. The first-order chi connectivity index (χ1) is 6.20. The molecular formula is BMgN3O10. The van der Waals surface area contributed by atoms with E-state index in [4.69, 9.17) is 50.7 Å². The number of hydrogen-bond acceptors (Lipinski definition) is 10. The van der Waals surface area contributed by atoms with Gasteiger partial charge in [0.25, 0.3) is 0 Å². The molecule has 0 spiro atoms. The summed E-state index contributed by atoms with van der Waals surface area (Å²) in [4.78, 5) is 24.8. The fraction of sp³-hybridized carbons (Fsp3) is 0. The van der Waals surface area contributed by atoms with Gasteiger partial charge in [0.2, 0.25) is 0 Å². The van der Waals surface area contributed by atoms with Crippen LogP contribution in [0.1, 0.15) is 0 Å². The van der Waals surface area contributed by atoms with Crippen LogP contribution in [0.15, 0.2) is 0 Å². The van der Waals surface area contributed by atoms with Gasteiger partial charge in [-0.15, -0.1) is 0 Å². The van der Waals surface area contributed by atoms with Crippen LogP contribution in [-0.2, 0) is 4.70 Å². The van der Waals surface area contributed by atoms with Crippen LogP contribution in [0.5, 0.6) is 0 Å². The van der Waals surface area contributed by atoms with E-state index in [-0.39, 0.29) is 23.1 Å². The molecule has 0 N–H and O–H groups in total. The van der Waals surface area contributed by atoms with Crippen LogP contribution in [0.4, 0.5) is 0 Å². The van der Waals surface area contributed by atoms with Crippen LogP contribution in [-0.4, -0.2) is 46.0 Å². The normalized spacial score (nSPS) is 5.20. The monoisotopic (exact) mass is 237 g/mol. The van der Waals surface area contributed by atoms with Crippen molar-refractivity contribution in [3.8, 4) is 0 Å². The topological polar surface area (TPSA) is 216 Å². The zero-order valence-electron chi connectivity index (χ0n) is 6.71. The molecule has 0 aliphatic carbocycles. The van der Waals surface area contributed by atoms with E-state index in [1.807, 2.05) is 0 Å². The van der Waals surface area contributed by atoms with Gasteiger partial charge >= 0.3 is 35.5 Å². The Kier molecular flexibility index (Phi) is 57.5. The fourth-order valence-corrected chi connectivity index (χ4v) is 0. The van der Waals surface area contributed by atoms with Crippen molar-refractivity contribution in [2.45, 2.75) is 0 Å². The van der Waals surface area contributed by atoms with E-state index in [1.165, 1.54) is 0 Å². The molecule has 0 aromatic heterocycles. The second-order valence-electron chi connectivity index (χ2n) is 0.671. The minimum Gasteiger partial charge on any atom is 2.00 e. The molecule has 0 unspecified atom stereocenters. The van der Waals surface area contributed by atoms with Gasteiger partial charge in [-0.25, -0.2) is 0 Å². The average Bonchev–Trinajstić information content (AvgIpc) is 1.86. The smallest absolute Gasteiger partial charge is 2.00 e. The molecule has 0 aliphatic heterocycles. The summed E-state index contributed by atoms with van der Waals surface area (Å²) in [5, 5.41) is 44.2. The third-order valence-electron chi connectivity index (χ3n) is 0. The van der Waals surface area contributed by atoms with Crippen LogP contribution in [0, 0.1) is 46.0 Å². The van der Waals surface area contributed by atoms with Crippen molar-refractivity contribution in [3.05, 3.63) is 46.0 Å². The van der Waals surface area contributed by atoms with E-state index in [2.05, 4.69) is 7.72 Å². The summed E-state index contributed by atoms with van der Waals surface area (Å²) in [5.41, 5.74) is 0. The second kappa shape index (κ2) is 29.5. The molecule has 0 fully saturated rings. The minimum atomic E-state index is -1.75. The summed E-state index contributed by atoms with van der Waals surface area (Å²) in [7, 11) is 3.25. The molecule has 0 amide bonds. The molecule has 80 valence electrons. The van der Waals surface area contributed by atoms with Crippen LogP contribution < -0.4 is 0 Å². The summed E-state index contributed by atoms with van der Waals surface area (Å²) < 4.78 is 7.75. The van der Waals surface area contributed by atoms with Gasteiger partial charge in [-0.3, -0.25) is 0 Å². The number of nitrogens with zero attached hydrogens (tertiary/aromatic N) is 3. The summed E-state index contributed by atoms with van der Waals surface area (Å²) >= 11 is 0. The summed E-state index contributed by atoms with van der Waals surface area (Å²) in [6.45, 7) is 0. The van der Waals surface area contributed by atoms with E-state index in [0.29, 0.717) is 0 Å². The molecule has 0 aromatic carbocycles. The van der Waals surface area contributed by atoms with Crippen LogP contribution in [0.3, 0.4) is 0 Å². The van der Waals surface area contributed by atoms with E-state index in [0.717, 1.165) is 0 Å². The zero-order valence-corrected chi connectivity index (χ0v) is 8.12. The Morgan fingerprint density at radius 2 is 0.600 bits per heavy atom. The Morgan fingerprint density at radius 1 is 0.600 bits per heavy atom. The van der Waals surface area contributed by atoms with Crippen molar-refractivity contribution in [3.63, 3.8) is 0 Å². The first kappa shape index (κ1) is 29.2. The van der Waals surface area contributed by atoms with Gasteiger partial charge in [0, 0.05) is 0 Å². The van der Waals surface area contributed by atoms with E-state index in [1.54, 1.807) is 0 Å². The Bertz CT molecular complexity index is 130. The quantitative estimate of drug-likeness (QED) is 0.266. The van der Waals surface area contributed by atoms with E-state index in [9.17, 15) is 0 Å². The molecule has 13 nitrogen and oxygen atoms in total. The van der Waals surface area contributed by atoms with Crippen LogP contribution >= 0.6 is 0 Å². The Balaban J connectivity index is -0.0000000298. The fourth-order valence-electron chi connectivity index (χ4n) is 0. The molecule has 0 bridgehead atoms. The van der Waals surface area contributed by atoms with Gasteiger partial charge in [-0.05, 0) is 0 Å². The van der Waals surface area contributed by atoms with Crippen molar-refractivity contribution in [2.24, 2.45) is 0 Å². The molecule has 0 radical (unpaired) electrons. The maximum absolute atomic E-state index is 8.25. The van der Waals surface area contributed by atoms with Crippen molar-refractivity contribution < 1.29 is 20.0 Å². The molecule has 0 aromatic rings. The standard InChI is InChI=1S/BO.Mg.3NO3/c1-2;;3*2-1(3)4/q+1;+2;3*-1. The number of rotatable bonds is 0. The summed E-state index contributed by atoms with van der Waals surface area (Å²) in [5.74, 6) is 0. The molecule has 0 saturated carbocycles. The largest absolute Gasteiger partial charge is 2.00 e. The molecule has 0 heterocycles. The van der Waals surface area contributed by atoms with Crippen LogP contribution in [0.25, 0.3) is 0 Å². The van der Waals surface area contributed by atoms with Gasteiger partial charge in [-0.1, -0.05) is 0 Å². The molecule has 0 aliphatic rings.